The number of carbonyl (C=O) groups excluding carboxylic acids is 1. The van der Waals surface area contributed by atoms with Gasteiger partial charge in [0.25, 0.3) is 0 Å². The molecule has 2 aromatic carbocycles. The topological polar surface area (TPSA) is 96.7 Å². The summed E-state index contributed by atoms with van der Waals surface area (Å²) in [6.45, 7) is 0.165. The zero-order chi connectivity index (χ0) is 19.2. The fourth-order valence-electron chi connectivity index (χ4n) is 1.98. The Bertz CT molecular complexity index is 898. The Kier molecular flexibility index (Phi) is 6.33. The first-order chi connectivity index (χ1) is 12.3. The zero-order valence-electron chi connectivity index (χ0n) is 14.4. The van der Waals surface area contributed by atoms with E-state index in [4.69, 9.17) is 14.7 Å². The summed E-state index contributed by atoms with van der Waals surface area (Å²) in [6.07, 6.45) is 0. The lowest BCUT2D eigenvalue weighted by Gasteiger charge is -2.12. The van der Waals surface area contributed by atoms with Crippen LogP contribution in [0.4, 0.5) is 0 Å². The van der Waals surface area contributed by atoms with Crippen molar-refractivity contribution in [2.24, 2.45) is 0 Å². The third-order valence-electron chi connectivity index (χ3n) is 3.44. The summed E-state index contributed by atoms with van der Waals surface area (Å²) in [5.74, 6) is -0.0392. The van der Waals surface area contributed by atoms with E-state index in [1.807, 2.05) is 6.07 Å². The number of sulfonamides is 1. The Morgan fingerprint density at radius 3 is 2.19 bits per heavy atom. The maximum absolute atomic E-state index is 12.0. The minimum Gasteiger partial charge on any atom is -0.490 e. The highest BCUT2D eigenvalue weighted by Gasteiger charge is 2.16. The van der Waals surface area contributed by atoms with Gasteiger partial charge in [0.05, 0.1) is 22.1 Å². The van der Waals surface area contributed by atoms with Crippen LogP contribution in [-0.4, -0.2) is 46.0 Å². The minimum atomic E-state index is -3.48. The molecule has 0 aliphatic heterocycles. The molecule has 2 rings (SSSR count). The second kappa shape index (κ2) is 8.47. The van der Waals surface area contributed by atoms with E-state index < -0.39 is 16.0 Å². The van der Waals surface area contributed by atoms with Crippen molar-refractivity contribution in [3.63, 3.8) is 0 Å². The molecule has 8 heteroatoms. The van der Waals surface area contributed by atoms with E-state index in [9.17, 15) is 13.2 Å². The van der Waals surface area contributed by atoms with Crippen LogP contribution in [0.3, 0.4) is 0 Å². The fraction of sp³-hybridized carbons (Fsp3) is 0.222. The van der Waals surface area contributed by atoms with Gasteiger partial charge in [0.15, 0.2) is 0 Å². The molecule has 136 valence electrons. The summed E-state index contributed by atoms with van der Waals surface area (Å²) in [4.78, 5) is 12.0. The molecule has 0 atom stereocenters. The van der Waals surface area contributed by atoms with Crippen LogP contribution < -0.4 is 4.74 Å². The fourth-order valence-corrected chi connectivity index (χ4v) is 2.88. The predicted molar refractivity (Wildman–Crippen MR) is 94.2 cm³/mol. The second-order valence-corrected chi connectivity index (χ2v) is 7.58. The van der Waals surface area contributed by atoms with Gasteiger partial charge in [-0.1, -0.05) is 0 Å². The van der Waals surface area contributed by atoms with Gasteiger partial charge in [-0.05, 0) is 48.5 Å². The van der Waals surface area contributed by atoms with E-state index in [1.165, 1.54) is 50.5 Å². The van der Waals surface area contributed by atoms with Crippen molar-refractivity contribution >= 4 is 16.0 Å². The van der Waals surface area contributed by atoms with Gasteiger partial charge in [-0.2, -0.15) is 5.26 Å². The Labute approximate surface area is 152 Å². The molecular weight excluding hydrogens is 356 g/mol. The molecule has 0 spiro atoms. The molecule has 2 aromatic rings. The molecule has 0 N–H and O–H groups in total. The number of hydrogen-bond donors (Lipinski definition) is 0. The van der Waals surface area contributed by atoms with E-state index in [0.717, 1.165) is 4.31 Å². The van der Waals surface area contributed by atoms with Gasteiger partial charge in [-0.15, -0.1) is 0 Å². The SMILES string of the molecule is CN(C)S(=O)(=O)c1ccc(OCCOC(=O)c2ccc(C#N)cc2)cc1. The van der Waals surface area contributed by atoms with E-state index in [1.54, 1.807) is 12.1 Å². The number of hydrogen-bond acceptors (Lipinski definition) is 6. The predicted octanol–water partition coefficient (Wildman–Crippen LogP) is 2.04. The first kappa shape index (κ1) is 19.4. The Morgan fingerprint density at radius 1 is 1.04 bits per heavy atom. The van der Waals surface area contributed by atoms with Crippen LogP contribution in [0, 0.1) is 11.3 Å². The lowest BCUT2D eigenvalue weighted by molar-refractivity contribution is 0.0450. The Hall–Kier alpha value is -2.89. The zero-order valence-corrected chi connectivity index (χ0v) is 15.2. The molecule has 7 nitrogen and oxygen atoms in total. The second-order valence-electron chi connectivity index (χ2n) is 5.43. The molecule has 0 unspecified atom stereocenters. The van der Waals surface area contributed by atoms with Crippen LogP contribution >= 0.6 is 0 Å². The van der Waals surface area contributed by atoms with E-state index in [-0.39, 0.29) is 18.1 Å². The summed E-state index contributed by atoms with van der Waals surface area (Å²) in [5.41, 5.74) is 0.812. The third kappa shape index (κ3) is 4.81. The number of rotatable bonds is 7. The number of carbonyl (C=O) groups is 1. The van der Waals surface area contributed by atoms with Crippen LogP contribution in [0.25, 0.3) is 0 Å². The van der Waals surface area contributed by atoms with Crippen molar-refractivity contribution in [3.8, 4) is 11.8 Å². The van der Waals surface area contributed by atoms with Crippen molar-refractivity contribution in [1.29, 1.82) is 5.26 Å². The van der Waals surface area contributed by atoms with Crippen molar-refractivity contribution in [3.05, 3.63) is 59.7 Å². The van der Waals surface area contributed by atoms with E-state index >= 15 is 0 Å². The van der Waals surface area contributed by atoms with Gasteiger partial charge in [0, 0.05) is 14.1 Å². The molecule has 0 saturated carbocycles. The van der Waals surface area contributed by atoms with Crippen LogP contribution in [-0.2, 0) is 14.8 Å². The average molecular weight is 374 g/mol. The van der Waals surface area contributed by atoms with Crippen LogP contribution in [0.2, 0.25) is 0 Å². The molecule has 0 heterocycles. The normalized spacial score (nSPS) is 11.0. The van der Waals surface area contributed by atoms with E-state index in [2.05, 4.69) is 0 Å². The molecule has 0 radical (unpaired) electrons. The van der Waals surface area contributed by atoms with Gasteiger partial charge in [0.1, 0.15) is 19.0 Å². The number of nitrogens with zero attached hydrogens (tertiary/aromatic N) is 2. The molecule has 0 aliphatic carbocycles. The summed E-state index contributed by atoms with van der Waals surface area (Å²) < 4.78 is 35.6. The van der Waals surface area contributed by atoms with Gasteiger partial charge < -0.3 is 9.47 Å². The largest absolute Gasteiger partial charge is 0.490 e. The smallest absolute Gasteiger partial charge is 0.338 e. The summed E-state index contributed by atoms with van der Waals surface area (Å²) in [7, 11) is -0.557. The molecule has 26 heavy (non-hydrogen) atoms. The standard InChI is InChI=1S/C18H18N2O5S/c1-20(2)26(22,23)17-9-7-16(8-10-17)24-11-12-25-18(21)15-5-3-14(13-19)4-6-15/h3-10H,11-12H2,1-2H3. The molecule has 0 amide bonds. The van der Waals surface area contributed by atoms with Crippen molar-refractivity contribution in [2.45, 2.75) is 4.90 Å². The minimum absolute atomic E-state index is 0.0383. The summed E-state index contributed by atoms with van der Waals surface area (Å²) in [6, 6.07) is 14.1. The molecule has 0 fully saturated rings. The van der Waals surface area contributed by atoms with Crippen molar-refractivity contribution in [2.75, 3.05) is 27.3 Å². The lowest BCUT2D eigenvalue weighted by Crippen LogP contribution is -2.22. The molecule has 0 bridgehead atoms. The molecular formula is C18H18N2O5S. The summed E-state index contributed by atoms with van der Waals surface area (Å²) >= 11 is 0. The maximum atomic E-state index is 12.0. The number of esters is 1. The van der Waals surface area contributed by atoms with Gasteiger partial charge in [0.2, 0.25) is 10.0 Å². The van der Waals surface area contributed by atoms with Crippen molar-refractivity contribution in [1.82, 2.24) is 4.31 Å². The van der Waals surface area contributed by atoms with E-state index in [0.29, 0.717) is 16.9 Å². The quantitative estimate of drug-likeness (QED) is 0.543. The monoisotopic (exact) mass is 374 g/mol. The van der Waals surface area contributed by atoms with Gasteiger partial charge >= 0.3 is 5.97 Å². The molecule has 0 aromatic heterocycles. The lowest BCUT2D eigenvalue weighted by atomic mass is 10.1. The highest BCUT2D eigenvalue weighted by Crippen LogP contribution is 2.18. The summed E-state index contributed by atoms with van der Waals surface area (Å²) in [5, 5.41) is 8.72. The number of nitriles is 1. The molecule has 0 aliphatic rings. The Balaban J connectivity index is 1.82. The number of benzene rings is 2. The van der Waals surface area contributed by atoms with Crippen molar-refractivity contribution < 1.29 is 22.7 Å². The van der Waals surface area contributed by atoms with Gasteiger partial charge in [-0.25, -0.2) is 17.5 Å². The first-order valence-electron chi connectivity index (χ1n) is 7.67. The number of ether oxygens (including phenoxy) is 2. The molecule has 0 saturated heterocycles. The van der Waals surface area contributed by atoms with Gasteiger partial charge in [-0.3, -0.25) is 0 Å². The highest BCUT2D eigenvalue weighted by molar-refractivity contribution is 7.89. The third-order valence-corrected chi connectivity index (χ3v) is 5.27. The van der Waals surface area contributed by atoms with Crippen LogP contribution in [0.5, 0.6) is 5.75 Å². The first-order valence-corrected chi connectivity index (χ1v) is 9.11. The van der Waals surface area contributed by atoms with Crippen LogP contribution in [0.1, 0.15) is 15.9 Å². The van der Waals surface area contributed by atoms with Crippen LogP contribution in [0.15, 0.2) is 53.4 Å². The highest BCUT2D eigenvalue weighted by atomic mass is 32.2. The maximum Gasteiger partial charge on any atom is 0.338 e. The average Bonchev–Trinajstić information content (AvgIpc) is 2.65. The Morgan fingerprint density at radius 2 is 1.65 bits per heavy atom.